The van der Waals surface area contributed by atoms with Gasteiger partial charge in [-0.05, 0) is 69.5 Å². The number of hydrogen-bond acceptors (Lipinski definition) is 4. The van der Waals surface area contributed by atoms with E-state index in [4.69, 9.17) is 4.74 Å². The highest BCUT2D eigenvalue weighted by Gasteiger charge is 2.30. The summed E-state index contributed by atoms with van der Waals surface area (Å²) in [6.07, 6.45) is -1.62. The van der Waals surface area contributed by atoms with Gasteiger partial charge in [0.25, 0.3) is 0 Å². The molecule has 0 amide bonds. The van der Waals surface area contributed by atoms with Crippen molar-refractivity contribution in [1.29, 1.82) is 0 Å². The maximum absolute atomic E-state index is 13.8. The molecule has 2 aromatic rings. The summed E-state index contributed by atoms with van der Waals surface area (Å²) in [5.74, 6) is 0.678. The van der Waals surface area contributed by atoms with Crippen molar-refractivity contribution in [2.75, 3.05) is 0 Å². The summed E-state index contributed by atoms with van der Waals surface area (Å²) in [5, 5.41) is 0. The van der Waals surface area contributed by atoms with Crippen LogP contribution in [0.2, 0.25) is 0 Å². The lowest BCUT2D eigenvalue weighted by Crippen LogP contribution is -2.45. The second-order valence-electron chi connectivity index (χ2n) is 11.1. The van der Waals surface area contributed by atoms with E-state index in [0.29, 0.717) is 11.3 Å². The number of hydrogen-bond donors (Lipinski definition) is 2. The van der Waals surface area contributed by atoms with Crippen LogP contribution in [-0.2, 0) is 10.3 Å². The van der Waals surface area contributed by atoms with E-state index in [1.807, 2.05) is 60.1 Å². The third-order valence-corrected chi connectivity index (χ3v) is 6.92. The van der Waals surface area contributed by atoms with Gasteiger partial charge in [0.2, 0.25) is 12.0 Å². The van der Waals surface area contributed by atoms with Crippen LogP contribution in [0, 0.1) is 0 Å². The maximum atomic E-state index is 13.8. The Kier molecular flexibility index (Phi) is 9.91. The molecule has 2 N–H and O–H groups in total. The molecule has 0 heterocycles. The molecule has 36 heavy (non-hydrogen) atoms. The fraction of sp³-hybridized carbons (Fsp3) is 0.552. The summed E-state index contributed by atoms with van der Waals surface area (Å²) in [4.78, 5) is 13.8. The van der Waals surface area contributed by atoms with Crippen LogP contribution in [0.25, 0.3) is 0 Å². The van der Waals surface area contributed by atoms with E-state index in [-0.39, 0.29) is 29.6 Å². The molecule has 7 heteroatoms. The van der Waals surface area contributed by atoms with Crippen LogP contribution >= 0.6 is 0 Å². The summed E-state index contributed by atoms with van der Waals surface area (Å²) in [7, 11) is -4.73. The van der Waals surface area contributed by atoms with Gasteiger partial charge in [0, 0.05) is 5.56 Å². The molecular formula is C29H43NO5S. The zero-order chi connectivity index (χ0) is 27.5. The van der Waals surface area contributed by atoms with Crippen LogP contribution in [0.4, 0.5) is 0 Å². The Morgan fingerprint density at radius 3 is 1.42 bits per heavy atom. The highest BCUT2D eigenvalue weighted by Crippen LogP contribution is 2.38. The smallest absolute Gasteiger partial charge is 0.336 e. The van der Waals surface area contributed by atoms with Crippen LogP contribution < -0.4 is 9.46 Å². The molecular weight excluding hydrogens is 474 g/mol. The first-order valence-electron chi connectivity index (χ1n) is 12.8. The lowest BCUT2D eigenvalue weighted by Gasteiger charge is -2.26. The lowest BCUT2D eigenvalue weighted by molar-refractivity contribution is 0.0764. The molecule has 0 aliphatic heterocycles. The van der Waals surface area contributed by atoms with Gasteiger partial charge in [0.1, 0.15) is 5.75 Å². The minimum atomic E-state index is -4.73. The van der Waals surface area contributed by atoms with Crippen LogP contribution in [0.3, 0.4) is 0 Å². The molecule has 0 aliphatic rings. The van der Waals surface area contributed by atoms with Gasteiger partial charge in [0.15, 0.2) is 0 Å². The largest absolute Gasteiger partial charge is 0.466 e. The fourth-order valence-electron chi connectivity index (χ4n) is 4.05. The Morgan fingerprint density at radius 1 is 0.694 bits per heavy atom. The van der Waals surface area contributed by atoms with E-state index in [1.165, 1.54) is 0 Å². The summed E-state index contributed by atoms with van der Waals surface area (Å²) in [6.45, 7) is 20.5. The molecule has 0 saturated carbocycles. The zero-order valence-corrected chi connectivity index (χ0v) is 24.2. The molecule has 0 aromatic heterocycles. The van der Waals surface area contributed by atoms with Crippen molar-refractivity contribution in [3.8, 4) is 5.75 Å². The molecule has 2 rings (SSSR count). The van der Waals surface area contributed by atoms with Crippen LogP contribution in [0.1, 0.15) is 137 Å². The Labute approximate surface area is 217 Å². The van der Waals surface area contributed by atoms with Crippen molar-refractivity contribution in [2.24, 2.45) is 0 Å². The SMILES string of the molecule is CC(C)c1cc(C(=O)C(NS(=O)(=O)O)Oc2c(C(C)C)cc(C(C)C)cc2C(C)C)cc(C(C)C)c1. The number of carbonyl (C=O) groups excluding carboxylic acids is 1. The first-order valence-corrected chi connectivity index (χ1v) is 14.2. The van der Waals surface area contributed by atoms with Gasteiger partial charge in [0.05, 0.1) is 0 Å². The monoisotopic (exact) mass is 517 g/mol. The summed E-state index contributed by atoms with van der Waals surface area (Å²) in [5.41, 5.74) is 5.20. The molecule has 0 bridgehead atoms. The molecule has 1 unspecified atom stereocenters. The normalized spacial score (nSPS) is 13.3. The molecule has 0 radical (unpaired) electrons. The van der Waals surface area contributed by atoms with Crippen LogP contribution in [-0.4, -0.2) is 25.0 Å². The number of ether oxygens (including phenoxy) is 1. The number of Topliss-reactive ketones (excluding diaryl/α,β-unsaturated/α-hetero) is 1. The molecule has 0 spiro atoms. The van der Waals surface area contributed by atoms with Crippen molar-refractivity contribution < 1.29 is 22.5 Å². The quantitative estimate of drug-likeness (QED) is 0.186. The zero-order valence-electron chi connectivity index (χ0n) is 23.3. The second kappa shape index (κ2) is 11.9. The van der Waals surface area contributed by atoms with Crippen molar-refractivity contribution in [3.63, 3.8) is 0 Å². The van der Waals surface area contributed by atoms with Gasteiger partial charge in [-0.1, -0.05) is 87.4 Å². The first-order chi connectivity index (χ1) is 16.5. The van der Waals surface area contributed by atoms with Gasteiger partial charge in [-0.25, -0.2) is 0 Å². The Bertz CT molecular complexity index is 1120. The number of nitrogens with one attached hydrogen (secondary N) is 1. The van der Waals surface area contributed by atoms with E-state index in [0.717, 1.165) is 27.8 Å². The van der Waals surface area contributed by atoms with E-state index in [1.54, 1.807) is 12.1 Å². The summed E-state index contributed by atoms with van der Waals surface area (Å²) < 4.78 is 41.7. The minimum Gasteiger partial charge on any atom is -0.466 e. The molecule has 2 aromatic carbocycles. The average Bonchev–Trinajstić information content (AvgIpc) is 2.76. The van der Waals surface area contributed by atoms with Crippen LogP contribution in [0.5, 0.6) is 5.75 Å². The van der Waals surface area contributed by atoms with E-state index in [9.17, 15) is 17.8 Å². The Balaban J connectivity index is 2.71. The first kappa shape index (κ1) is 30.0. The highest BCUT2D eigenvalue weighted by molar-refractivity contribution is 7.83. The lowest BCUT2D eigenvalue weighted by atomic mass is 9.88. The minimum absolute atomic E-state index is 0.0644. The molecule has 0 aliphatic carbocycles. The summed E-state index contributed by atoms with van der Waals surface area (Å²) >= 11 is 0. The topological polar surface area (TPSA) is 92.7 Å². The molecule has 200 valence electrons. The molecule has 1 atom stereocenters. The van der Waals surface area contributed by atoms with E-state index < -0.39 is 22.3 Å². The highest BCUT2D eigenvalue weighted by atomic mass is 32.2. The molecule has 6 nitrogen and oxygen atoms in total. The van der Waals surface area contributed by atoms with Gasteiger partial charge >= 0.3 is 10.3 Å². The van der Waals surface area contributed by atoms with Crippen molar-refractivity contribution in [3.05, 3.63) is 63.7 Å². The van der Waals surface area contributed by atoms with E-state index >= 15 is 0 Å². The Morgan fingerprint density at radius 2 is 1.08 bits per heavy atom. The average molecular weight is 518 g/mol. The van der Waals surface area contributed by atoms with Crippen LogP contribution in [0.15, 0.2) is 30.3 Å². The van der Waals surface area contributed by atoms with Gasteiger partial charge < -0.3 is 4.74 Å². The van der Waals surface area contributed by atoms with E-state index in [2.05, 4.69) is 32.0 Å². The second-order valence-corrected chi connectivity index (χ2v) is 12.3. The predicted molar refractivity (Wildman–Crippen MR) is 147 cm³/mol. The molecule has 0 saturated heterocycles. The standard InChI is InChI=1S/C29H43NO5S/c1-16(2)21-11-22(17(3)4)13-24(12-21)27(31)29(30-36(32,33)34)35-28-25(19(7)8)14-23(18(5)6)15-26(28)20(9)10/h11-20,29-30H,1-10H3,(H,32,33,34). The predicted octanol–water partition coefficient (Wildman–Crippen LogP) is 7.28. The summed E-state index contributed by atoms with van der Waals surface area (Å²) in [6, 6.07) is 9.73. The Hall–Kier alpha value is -2.22. The maximum Gasteiger partial charge on any atom is 0.336 e. The molecule has 0 fully saturated rings. The number of benzene rings is 2. The van der Waals surface area contributed by atoms with Crippen molar-refractivity contribution in [1.82, 2.24) is 4.72 Å². The number of carbonyl (C=O) groups is 1. The van der Waals surface area contributed by atoms with Gasteiger partial charge in [-0.2, -0.15) is 8.42 Å². The number of ketones is 1. The van der Waals surface area contributed by atoms with Crippen molar-refractivity contribution >= 4 is 16.1 Å². The van der Waals surface area contributed by atoms with Gasteiger partial charge in [-0.15, -0.1) is 4.72 Å². The number of rotatable bonds is 11. The fourth-order valence-corrected chi connectivity index (χ4v) is 4.47. The third-order valence-electron chi connectivity index (χ3n) is 6.40. The van der Waals surface area contributed by atoms with Crippen molar-refractivity contribution in [2.45, 2.75) is 105 Å². The van der Waals surface area contributed by atoms with Gasteiger partial charge in [-0.3, -0.25) is 9.35 Å². The third kappa shape index (κ3) is 7.64.